The summed E-state index contributed by atoms with van der Waals surface area (Å²) < 4.78 is 19.1. The van der Waals surface area contributed by atoms with Crippen LogP contribution in [-0.4, -0.2) is 36.9 Å². The Labute approximate surface area is 183 Å². The van der Waals surface area contributed by atoms with Gasteiger partial charge in [-0.15, -0.1) is 11.3 Å². The first-order valence-electron chi connectivity index (χ1n) is 10.3. The topological polar surface area (TPSA) is 74.1 Å². The standard InChI is InChI=1S/C23H23N3O4S/c1-28-20-7-3-2-6-17(20)25-23-26(12-16-5-4-10-29-16)19(14-31-23)15-8-9-21-18(11-15)24-22(27)13-30-21/h2-3,6-9,11,14,16H,4-5,10,12-13H2,1H3,(H,24,27)/t16-/m1/s1. The van der Waals surface area contributed by atoms with Gasteiger partial charge in [0.1, 0.15) is 17.2 Å². The fourth-order valence-corrected chi connectivity index (χ4v) is 4.82. The minimum absolute atomic E-state index is 0.0474. The number of thiazole rings is 1. The van der Waals surface area contributed by atoms with Crippen molar-refractivity contribution in [3.05, 3.63) is 52.6 Å². The molecule has 7 nitrogen and oxygen atoms in total. The van der Waals surface area contributed by atoms with Gasteiger partial charge >= 0.3 is 0 Å². The van der Waals surface area contributed by atoms with Crippen LogP contribution in [-0.2, 0) is 16.1 Å². The third kappa shape index (κ3) is 4.08. The molecule has 1 amide bonds. The molecule has 0 spiro atoms. The normalized spacial score (nSPS) is 18.4. The van der Waals surface area contributed by atoms with Crippen LogP contribution in [0.1, 0.15) is 12.8 Å². The molecule has 0 aliphatic carbocycles. The van der Waals surface area contributed by atoms with Crippen LogP contribution < -0.4 is 19.6 Å². The number of carbonyl (C=O) groups is 1. The van der Waals surface area contributed by atoms with Gasteiger partial charge in [0.15, 0.2) is 11.4 Å². The molecule has 0 unspecified atom stereocenters. The number of aromatic nitrogens is 1. The van der Waals surface area contributed by atoms with Gasteiger partial charge < -0.3 is 24.1 Å². The molecule has 1 aromatic heterocycles. The zero-order valence-electron chi connectivity index (χ0n) is 17.2. The van der Waals surface area contributed by atoms with E-state index in [9.17, 15) is 4.79 Å². The number of benzene rings is 2. The Bertz CT molecular complexity index is 1180. The molecule has 5 rings (SSSR count). The third-order valence-corrected chi connectivity index (χ3v) is 6.28. The fourth-order valence-electron chi connectivity index (χ4n) is 3.89. The minimum atomic E-state index is -0.144. The van der Waals surface area contributed by atoms with Crippen LogP contribution in [0.25, 0.3) is 11.3 Å². The van der Waals surface area contributed by atoms with Crippen molar-refractivity contribution < 1.29 is 19.0 Å². The van der Waals surface area contributed by atoms with E-state index in [-0.39, 0.29) is 18.6 Å². The van der Waals surface area contributed by atoms with E-state index in [0.717, 1.165) is 46.9 Å². The van der Waals surface area contributed by atoms with Gasteiger partial charge in [0.2, 0.25) is 0 Å². The lowest BCUT2D eigenvalue weighted by molar-refractivity contribution is -0.118. The molecule has 0 radical (unpaired) electrons. The first kappa shape index (κ1) is 19.8. The fraction of sp³-hybridized carbons (Fsp3) is 0.304. The van der Waals surface area contributed by atoms with Crippen molar-refractivity contribution in [1.29, 1.82) is 0 Å². The maximum absolute atomic E-state index is 11.8. The predicted octanol–water partition coefficient (Wildman–Crippen LogP) is 3.97. The van der Waals surface area contributed by atoms with E-state index >= 15 is 0 Å². The van der Waals surface area contributed by atoms with Crippen LogP contribution in [0.5, 0.6) is 11.5 Å². The molecule has 1 N–H and O–H groups in total. The Hall–Kier alpha value is -3.10. The van der Waals surface area contributed by atoms with Crippen molar-refractivity contribution in [3.8, 4) is 22.8 Å². The lowest BCUT2D eigenvalue weighted by Gasteiger charge is -2.19. The number of rotatable bonds is 5. The van der Waals surface area contributed by atoms with Crippen molar-refractivity contribution >= 4 is 28.6 Å². The number of anilines is 1. The first-order valence-corrected chi connectivity index (χ1v) is 11.1. The summed E-state index contributed by atoms with van der Waals surface area (Å²) in [6, 6.07) is 13.6. The Kier molecular flexibility index (Phi) is 5.48. The molecule has 8 heteroatoms. The van der Waals surface area contributed by atoms with E-state index in [0.29, 0.717) is 18.0 Å². The Morgan fingerprint density at radius 2 is 2.19 bits per heavy atom. The molecule has 0 saturated carbocycles. The van der Waals surface area contributed by atoms with Crippen molar-refractivity contribution in [2.75, 3.05) is 25.6 Å². The van der Waals surface area contributed by atoms with Gasteiger partial charge in [-0.05, 0) is 43.2 Å². The van der Waals surface area contributed by atoms with Crippen molar-refractivity contribution in [3.63, 3.8) is 0 Å². The van der Waals surface area contributed by atoms with Crippen LogP contribution in [0.15, 0.2) is 52.8 Å². The maximum atomic E-state index is 11.8. The highest BCUT2D eigenvalue weighted by Gasteiger charge is 2.21. The molecule has 3 heterocycles. The summed E-state index contributed by atoms with van der Waals surface area (Å²) >= 11 is 1.57. The Morgan fingerprint density at radius 3 is 3.03 bits per heavy atom. The van der Waals surface area contributed by atoms with Gasteiger partial charge in [0, 0.05) is 17.6 Å². The first-order chi connectivity index (χ1) is 15.2. The molecule has 1 atom stereocenters. The number of nitrogens with one attached hydrogen (secondary N) is 1. The summed E-state index contributed by atoms with van der Waals surface area (Å²) in [6.07, 6.45) is 2.27. The van der Waals surface area contributed by atoms with Crippen molar-refractivity contribution in [2.24, 2.45) is 4.99 Å². The van der Waals surface area contributed by atoms with Crippen LogP contribution in [0.3, 0.4) is 0 Å². The molecule has 1 saturated heterocycles. The number of para-hydroxylation sites is 2. The van der Waals surface area contributed by atoms with E-state index in [2.05, 4.69) is 15.3 Å². The molecule has 1 fully saturated rings. The molecule has 3 aromatic rings. The summed E-state index contributed by atoms with van der Waals surface area (Å²) in [7, 11) is 1.65. The summed E-state index contributed by atoms with van der Waals surface area (Å²) in [5.74, 6) is 1.27. The molecule has 0 bridgehead atoms. The van der Waals surface area contributed by atoms with Gasteiger partial charge in [-0.2, -0.15) is 0 Å². The Morgan fingerprint density at radius 1 is 1.29 bits per heavy atom. The largest absolute Gasteiger partial charge is 0.494 e. The van der Waals surface area contributed by atoms with Crippen LogP contribution in [0.4, 0.5) is 11.4 Å². The molecule has 160 valence electrons. The SMILES string of the molecule is COc1ccccc1N=c1scc(-c2ccc3c(c2)NC(=O)CO3)n1C[C@H]1CCCO1. The average molecular weight is 438 g/mol. The number of nitrogens with zero attached hydrogens (tertiary/aromatic N) is 2. The summed E-state index contributed by atoms with van der Waals surface area (Å²) in [4.78, 5) is 17.5. The van der Waals surface area contributed by atoms with Gasteiger partial charge in [0.05, 0.1) is 31.1 Å². The number of carbonyl (C=O) groups excluding carboxylic acids is 1. The number of fused-ring (bicyclic) bond motifs is 1. The number of methoxy groups -OCH3 is 1. The second-order valence-corrected chi connectivity index (χ2v) is 8.32. The molecule has 31 heavy (non-hydrogen) atoms. The lowest BCUT2D eigenvalue weighted by atomic mass is 10.1. The highest BCUT2D eigenvalue weighted by Crippen LogP contribution is 2.33. The van der Waals surface area contributed by atoms with Gasteiger partial charge in [-0.3, -0.25) is 4.79 Å². The Balaban J connectivity index is 1.60. The average Bonchev–Trinajstić information content (AvgIpc) is 3.44. The molecule has 2 aliphatic heterocycles. The van der Waals surface area contributed by atoms with Crippen molar-refractivity contribution in [2.45, 2.75) is 25.5 Å². The van der Waals surface area contributed by atoms with Crippen molar-refractivity contribution in [1.82, 2.24) is 4.57 Å². The van der Waals surface area contributed by atoms with Gasteiger partial charge in [-0.25, -0.2) is 4.99 Å². The number of hydrogen-bond donors (Lipinski definition) is 1. The quantitative estimate of drug-likeness (QED) is 0.656. The smallest absolute Gasteiger partial charge is 0.262 e. The van der Waals surface area contributed by atoms with E-state index < -0.39 is 0 Å². The summed E-state index contributed by atoms with van der Waals surface area (Å²) in [5.41, 5.74) is 3.48. The number of ether oxygens (including phenoxy) is 3. The molecular weight excluding hydrogens is 414 g/mol. The van der Waals surface area contributed by atoms with E-state index in [1.165, 1.54) is 0 Å². The lowest BCUT2D eigenvalue weighted by Crippen LogP contribution is -2.25. The summed E-state index contributed by atoms with van der Waals surface area (Å²) in [5, 5.41) is 4.98. The monoisotopic (exact) mass is 437 g/mol. The van der Waals surface area contributed by atoms with E-state index in [1.54, 1.807) is 18.4 Å². The number of hydrogen-bond acceptors (Lipinski definition) is 6. The zero-order chi connectivity index (χ0) is 21.2. The molecule has 2 aliphatic rings. The van der Waals surface area contributed by atoms with E-state index in [4.69, 9.17) is 19.2 Å². The van der Waals surface area contributed by atoms with E-state index in [1.807, 2.05) is 42.5 Å². The van der Waals surface area contributed by atoms with Crippen LogP contribution >= 0.6 is 11.3 Å². The van der Waals surface area contributed by atoms with Gasteiger partial charge in [-0.1, -0.05) is 12.1 Å². The predicted molar refractivity (Wildman–Crippen MR) is 119 cm³/mol. The second kappa shape index (κ2) is 8.56. The maximum Gasteiger partial charge on any atom is 0.262 e. The van der Waals surface area contributed by atoms with Gasteiger partial charge in [0.25, 0.3) is 5.91 Å². The highest BCUT2D eigenvalue weighted by molar-refractivity contribution is 7.07. The van der Waals surface area contributed by atoms with Crippen LogP contribution in [0, 0.1) is 0 Å². The highest BCUT2D eigenvalue weighted by atomic mass is 32.1. The minimum Gasteiger partial charge on any atom is -0.494 e. The molecule has 2 aromatic carbocycles. The van der Waals surface area contributed by atoms with Crippen LogP contribution in [0.2, 0.25) is 0 Å². The second-order valence-electron chi connectivity index (χ2n) is 7.48. The summed E-state index contributed by atoms with van der Waals surface area (Å²) in [6.45, 7) is 1.56. The third-order valence-electron chi connectivity index (χ3n) is 5.42. The molecular formula is C23H23N3O4S. The zero-order valence-corrected chi connectivity index (χ0v) is 18.0. The number of amides is 1.